The van der Waals surface area contributed by atoms with E-state index in [2.05, 4.69) is 10.4 Å². The Morgan fingerprint density at radius 3 is 2.43 bits per heavy atom. The molecule has 156 valence electrons. The van der Waals surface area contributed by atoms with Gasteiger partial charge in [-0.15, -0.1) is 0 Å². The lowest BCUT2D eigenvalue weighted by Crippen LogP contribution is -2.35. The molecule has 0 aliphatic carbocycles. The Hall–Kier alpha value is -3.55. The van der Waals surface area contributed by atoms with Gasteiger partial charge in [0.15, 0.2) is 6.04 Å². The third kappa shape index (κ3) is 4.37. The normalized spacial score (nSPS) is 11.8. The third-order valence-corrected chi connectivity index (χ3v) is 4.59. The second kappa shape index (κ2) is 8.86. The molecule has 6 nitrogen and oxygen atoms in total. The molecular formula is C22H21F2N3O3. The van der Waals surface area contributed by atoms with E-state index in [9.17, 15) is 18.4 Å². The lowest BCUT2D eigenvalue weighted by atomic mass is 10.0. The van der Waals surface area contributed by atoms with E-state index in [0.717, 1.165) is 6.07 Å². The molecule has 0 fully saturated rings. The van der Waals surface area contributed by atoms with Crippen molar-refractivity contribution in [1.82, 2.24) is 15.1 Å². The van der Waals surface area contributed by atoms with Crippen molar-refractivity contribution in [3.8, 4) is 5.69 Å². The zero-order valence-corrected chi connectivity index (χ0v) is 16.8. The number of carbonyl (C=O) groups is 2. The fourth-order valence-electron chi connectivity index (χ4n) is 3.22. The molecule has 3 rings (SSSR count). The molecule has 8 heteroatoms. The number of halogens is 2. The minimum absolute atomic E-state index is 0.0746. The van der Waals surface area contributed by atoms with Crippen LogP contribution in [0, 0.1) is 25.5 Å². The van der Waals surface area contributed by atoms with Crippen LogP contribution < -0.4 is 5.32 Å². The zero-order valence-electron chi connectivity index (χ0n) is 16.8. The Morgan fingerprint density at radius 1 is 1.10 bits per heavy atom. The summed E-state index contributed by atoms with van der Waals surface area (Å²) in [6.45, 7) is 5.21. The molecule has 1 heterocycles. The van der Waals surface area contributed by atoms with Crippen molar-refractivity contribution < 1.29 is 23.1 Å². The Labute approximate surface area is 172 Å². The summed E-state index contributed by atoms with van der Waals surface area (Å²) in [5, 5.41) is 7.07. The number of hydrogen-bond acceptors (Lipinski definition) is 4. The van der Waals surface area contributed by atoms with Crippen molar-refractivity contribution in [3.05, 3.63) is 82.7 Å². The van der Waals surface area contributed by atoms with E-state index in [1.165, 1.54) is 30.3 Å². The average molecular weight is 413 g/mol. The van der Waals surface area contributed by atoms with Gasteiger partial charge >= 0.3 is 5.97 Å². The Balaban J connectivity index is 2.01. The fourth-order valence-corrected chi connectivity index (χ4v) is 3.22. The van der Waals surface area contributed by atoms with Crippen molar-refractivity contribution in [2.24, 2.45) is 0 Å². The standard InChI is InChI=1S/C22H21F2N3O3/c1-4-30-22(29)20(25-21(28)15-6-5-7-17(24)12-15)19-13(2)26-27(14(19)3)18-10-8-16(23)9-11-18/h5-12,20H,4H2,1-3H3,(H,25,28). The second-order valence-electron chi connectivity index (χ2n) is 6.64. The van der Waals surface area contributed by atoms with Gasteiger partial charge in [0.1, 0.15) is 11.6 Å². The van der Waals surface area contributed by atoms with Crippen LogP contribution in [-0.4, -0.2) is 28.3 Å². The van der Waals surface area contributed by atoms with Gasteiger partial charge < -0.3 is 10.1 Å². The highest BCUT2D eigenvalue weighted by atomic mass is 19.1. The number of aryl methyl sites for hydroxylation is 1. The summed E-state index contributed by atoms with van der Waals surface area (Å²) >= 11 is 0. The molecule has 1 unspecified atom stereocenters. The summed E-state index contributed by atoms with van der Waals surface area (Å²) in [5.41, 5.74) is 2.21. The van der Waals surface area contributed by atoms with E-state index < -0.39 is 23.7 Å². The number of ether oxygens (including phenoxy) is 1. The second-order valence-corrected chi connectivity index (χ2v) is 6.64. The minimum Gasteiger partial charge on any atom is -0.464 e. The Morgan fingerprint density at radius 2 is 1.80 bits per heavy atom. The predicted octanol–water partition coefficient (Wildman–Crippen LogP) is 3.80. The Kier molecular flexibility index (Phi) is 6.25. The number of carbonyl (C=O) groups excluding carboxylic acids is 2. The topological polar surface area (TPSA) is 73.2 Å². The van der Waals surface area contributed by atoms with Crippen molar-refractivity contribution in [2.75, 3.05) is 6.61 Å². The maximum absolute atomic E-state index is 13.5. The first-order valence-corrected chi connectivity index (χ1v) is 9.37. The first-order valence-electron chi connectivity index (χ1n) is 9.37. The summed E-state index contributed by atoms with van der Waals surface area (Å²) in [4.78, 5) is 25.3. The van der Waals surface area contributed by atoms with Crippen LogP contribution in [0.25, 0.3) is 5.69 Å². The molecule has 1 amide bonds. The SMILES string of the molecule is CCOC(=O)C(NC(=O)c1cccc(F)c1)c1c(C)nn(-c2ccc(F)cc2)c1C. The first-order chi connectivity index (χ1) is 14.3. The number of benzene rings is 2. The minimum atomic E-state index is -1.14. The quantitative estimate of drug-likeness (QED) is 0.624. The van der Waals surface area contributed by atoms with Crippen LogP contribution >= 0.6 is 0 Å². The van der Waals surface area contributed by atoms with E-state index in [1.54, 1.807) is 37.6 Å². The molecule has 0 spiro atoms. The first kappa shape index (κ1) is 21.2. The Bertz CT molecular complexity index is 1080. The number of amides is 1. The highest BCUT2D eigenvalue weighted by Gasteiger charge is 2.30. The lowest BCUT2D eigenvalue weighted by Gasteiger charge is -2.18. The molecular weight excluding hydrogens is 392 g/mol. The van der Waals surface area contributed by atoms with Gasteiger partial charge in [0.2, 0.25) is 0 Å². The molecule has 0 aliphatic rings. The van der Waals surface area contributed by atoms with E-state index in [-0.39, 0.29) is 18.0 Å². The van der Waals surface area contributed by atoms with Crippen LogP contribution in [-0.2, 0) is 9.53 Å². The van der Waals surface area contributed by atoms with Crippen LogP contribution in [0.1, 0.15) is 40.3 Å². The average Bonchev–Trinajstić information content (AvgIpc) is 3.01. The van der Waals surface area contributed by atoms with Gasteiger partial charge in [0, 0.05) is 16.8 Å². The van der Waals surface area contributed by atoms with E-state index in [4.69, 9.17) is 4.74 Å². The molecule has 0 radical (unpaired) electrons. The summed E-state index contributed by atoms with van der Waals surface area (Å²) < 4.78 is 33.5. The maximum Gasteiger partial charge on any atom is 0.333 e. The molecule has 1 N–H and O–H groups in total. The number of hydrogen-bond donors (Lipinski definition) is 1. The van der Waals surface area contributed by atoms with Crippen molar-refractivity contribution in [1.29, 1.82) is 0 Å². The summed E-state index contributed by atoms with van der Waals surface area (Å²) in [5.74, 6) is -2.23. The van der Waals surface area contributed by atoms with Gasteiger partial charge in [-0.3, -0.25) is 4.79 Å². The largest absolute Gasteiger partial charge is 0.464 e. The van der Waals surface area contributed by atoms with Crippen molar-refractivity contribution in [3.63, 3.8) is 0 Å². The maximum atomic E-state index is 13.5. The summed E-state index contributed by atoms with van der Waals surface area (Å²) in [6.07, 6.45) is 0. The number of rotatable bonds is 6. The van der Waals surface area contributed by atoms with Gasteiger partial charge in [-0.25, -0.2) is 18.3 Å². The van der Waals surface area contributed by atoms with E-state index in [0.29, 0.717) is 22.6 Å². The van der Waals surface area contributed by atoms with Gasteiger partial charge in [-0.1, -0.05) is 6.07 Å². The number of aromatic nitrogens is 2. The van der Waals surface area contributed by atoms with Gasteiger partial charge in [0.25, 0.3) is 5.91 Å². The van der Waals surface area contributed by atoms with Gasteiger partial charge in [-0.2, -0.15) is 5.10 Å². The highest BCUT2D eigenvalue weighted by molar-refractivity contribution is 5.97. The van der Waals surface area contributed by atoms with Crippen LogP contribution in [0.2, 0.25) is 0 Å². The monoisotopic (exact) mass is 413 g/mol. The molecule has 30 heavy (non-hydrogen) atoms. The molecule has 0 saturated heterocycles. The lowest BCUT2D eigenvalue weighted by molar-refractivity contribution is -0.145. The van der Waals surface area contributed by atoms with Crippen LogP contribution in [0.4, 0.5) is 8.78 Å². The van der Waals surface area contributed by atoms with Gasteiger partial charge in [0.05, 0.1) is 18.0 Å². The molecule has 0 saturated carbocycles. The highest BCUT2D eigenvalue weighted by Crippen LogP contribution is 2.26. The number of nitrogens with one attached hydrogen (secondary N) is 1. The molecule has 0 bridgehead atoms. The van der Waals surface area contributed by atoms with Crippen LogP contribution in [0.3, 0.4) is 0 Å². The number of nitrogens with zero attached hydrogens (tertiary/aromatic N) is 2. The third-order valence-electron chi connectivity index (χ3n) is 4.59. The molecule has 1 aromatic heterocycles. The van der Waals surface area contributed by atoms with E-state index >= 15 is 0 Å². The fraction of sp³-hybridized carbons (Fsp3) is 0.227. The van der Waals surface area contributed by atoms with E-state index in [1.807, 2.05) is 0 Å². The molecule has 3 aromatic rings. The van der Waals surface area contributed by atoms with Crippen LogP contribution in [0.15, 0.2) is 48.5 Å². The van der Waals surface area contributed by atoms with Crippen molar-refractivity contribution >= 4 is 11.9 Å². The predicted molar refractivity (Wildman–Crippen MR) is 106 cm³/mol. The van der Waals surface area contributed by atoms with Crippen LogP contribution in [0.5, 0.6) is 0 Å². The molecule has 2 aromatic carbocycles. The smallest absolute Gasteiger partial charge is 0.333 e. The summed E-state index contributed by atoms with van der Waals surface area (Å²) in [7, 11) is 0. The summed E-state index contributed by atoms with van der Waals surface area (Å²) in [6, 6.07) is 9.75. The number of esters is 1. The molecule has 1 atom stereocenters. The van der Waals surface area contributed by atoms with Crippen molar-refractivity contribution in [2.45, 2.75) is 26.8 Å². The zero-order chi connectivity index (χ0) is 21.8. The van der Waals surface area contributed by atoms with Gasteiger partial charge in [-0.05, 0) is 63.2 Å². The molecule has 0 aliphatic heterocycles.